The molecule has 0 aromatic carbocycles. The molecule has 106 valence electrons. The minimum atomic E-state index is 0.339. The summed E-state index contributed by atoms with van der Waals surface area (Å²) in [5, 5.41) is 4.37. The van der Waals surface area contributed by atoms with Crippen molar-refractivity contribution < 1.29 is 0 Å². The smallest absolute Gasteiger partial charge is 0.135 e. The number of nitrogens with two attached hydrogens (primary N) is 1. The topological polar surface area (TPSA) is 63.8 Å². The fourth-order valence-corrected chi connectivity index (χ4v) is 3.89. The third-order valence-corrected chi connectivity index (χ3v) is 4.85. The molecule has 1 heterocycles. The van der Waals surface area contributed by atoms with Gasteiger partial charge in [-0.05, 0) is 30.9 Å². The maximum absolute atomic E-state index is 5.98. The number of thioether (sulfide) groups is 1. The van der Waals surface area contributed by atoms with Crippen LogP contribution in [-0.4, -0.2) is 27.0 Å². The first-order valence-corrected chi connectivity index (χ1v) is 8.15. The number of nitrogens with one attached hydrogen (secondary N) is 1. The van der Waals surface area contributed by atoms with Gasteiger partial charge >= 0.3 is 0 Å². The van der Waals surface area contributed by atoms with Crippen molar-refractivity contribution in [2.45, 2.75) is 57.2 Å². The van der Waals surface area contributed by atoms with E-state index >= 15 is 0 Å². The van der Waals surface area contributed by atoms with Gasteiger partial charge in [-0.25, -0.2) is 9.97 Å². The van der Waals surface area contributed by atoms with Crippen molar-refractivity contribution >= 4 is 23.4 Å². The normalized spacial score (nSPS) is 22.9. The van der Waals surface area contributed by atoms with Crippen LogP contribution < -0.4 is 11.1 Å². The van der Waals surface area contributed by atoms with Crippen LogP contribution in [0.4, 0.5) is 11.6 Å². The van der Waals surface area contributed by atoms with Gasteiger partial charge in [-0.3, -0.25) is 0 Å². The van der Waals surface area contributed by atoms with Gasteiger partial charge in [-0.2, -0.15) is 11.8 Å². The van der Waals surface area contributed by atoms with Gasteiger partial charge in [0, 0.05) is 16.9 Å². The minimum absolute atomic E-state index is 0.339. The summed E-state index contributed by atoms with van der Waals surface area (Å²) in [6.07, 6.45) is 5.30. The molecule has 1 aromatic heterocycles. The molecule has 3 N–H and O–H groups in total. The summed E-state index contributed by atoms with van der Waals surface area (Å²) in [5.41, 5.74) is 7.03. The van der Waals surface area contributed by atoms with E-state index in [1.807, 2.05) is 0 Å². The quantitative estimate of drug-likeness (QED) is 0.866. The molecule has 0 radical (unpaired) electrons. The average Bonchev–Trinajstić information content (AvgIpc) is 2.76. The summed E-state index contributed by atoms with van der Waals surface area (Å²) in [4.78, 5) is 8.49. The van der Waals surface area contributed by atoms with E-state index < -0.39 is 0 Å². The Hall–Kier alpha value is -0.970. The molecule has 4 nitrogen and oxygen atoms in total. The van der Waals surface area contributed by atoms with Crippen molar-refractivity contribution in [2.24, 2.45) is 0 Å². The predicted octanol–water partition coefficient (Wildman–Crippen LogP) is 3.27. The highest BCUT2D eigenvalue weighted by molar-refractivity contribution is 7.99. The molecule has 0 saturated heterocycles. The number of hydrogen-bond donors (Lipinski definition) is 2. The van der Waals surface area contributed by atoms with Crippen LogP contribution in [0.15, 0.2) is 6.33 Å². The van der Waals surface area contributed by atoms with E-state index in [1.165, 1.54) is 25.0 Å². The van der Waals surface area contributed by atoms with Gasteiger partial charge < -0.3 is 11.1 Å². The van der Waals surface area contributed by atoms with Crippen LogP contribution in [0.25, 0.3) is 0 Å². The lowest BCUT2D eigenvalue weighted by Gasteiger charge is -2.19. The number of nitrogens with zero attached hydrogens (tertiary/aromatic N) is 2. The average molecular weight is 280 g/mol. The Bertz CT molecular complexity index is 422. The molecule has 2 atom stereocenters. The summed E-state index contributed by atoms with van der Waals surface area (Å²) >= 11 is 2.07. The lowest BCUT2D eigenvalue weighted by Crippen LogP contribution is -2.19. The first kappa shape index (κ1) is 14.4. The van der Waals surface area contributed by atoms with E-state index in [0.717, 1.165) is 16.6 Å². The molecule has 1 aromatic rings. The predicted molar refractivity (Wildman–Crippen MR) is 83.7 cm³/mol. The van der Waals surface area contributed by atoms with Crippen LogP contribution in [0.5, 0.6) is 0 Å². The van der Waals surface area contributed by atoms with E-state index in [0.29, 0.717) is 17.8 Å². The Morgan fingerprint density at radius 3 is 2.89 bits per heavy atom. The highest BCUT2D eigenvalue weighted by Gasteiger charge is 2.26. The molecule has 0 aliphatic heterocycles. The first-order chi connectivity index (χ1) is 9.11. The first-order valence-electron chi connectivity index (χ1n) is 7.10. The van der Waals surface area contributed by atoms with Gasteiger partial charge in [0.25, 0.3) is 0 Å². The summed E-state index contributed by atoms with van der Waals surface area (Å²) in [5.74, 6) is 3.07. The second-order valence-electron chi connectivity index (χ2n) is 5.41. The van der Waals surface area contributed by atoms with E-state index in [-0.39, 0.29) is 0 Å². The summed E-state index contributed by atoms with van der Waals surface area (Å²) in [6.45, 7) is 6.49. The maximum atomic E-state index is 5.98. The highest BCUT2D eigenvalue weighted by atomic mass is 32.2. The fourth-order valence-electron chi connectivity index (χ4n) is 2.75. The third kappa shape index (κ3) is 3.53. The third-order valence-electron chi connectivity index (χ3n) is 3.62. The molecule has 19 heavy (non-hydrogen) atoms. The molecule has 0 amide bonds. The molecule has 1 saturated carbocycles. The zero-order valence-corrected chi connectivity index (χ0v) is 12.8. The van der Waals surface area contributed by atoms with Gasteiger partial charge in [0.2, 0.25) is 0 Å². The molecule has 0 bridgehead atoms. The molecular weight excluding hydrogens is 256 g/mol. The van der Waals surface area contributed by atoms with E-state index in [1.54, 1.807) is 6.33 Å². The maximum Gasteiger partial charge on any atom is 0.135 e. The fraction of sp³-hybridized carbons (Fsp3) is 0.714. The minimum Gasteiger partial charge on any atom is -0.383 e. The van der Waals surface area contributed by atoms with Gasteiger partial charge in [-0.15, -0.1) is 0 Å². The van der Waals surface area contributed by atoms with Crippen molar-refractivity contribution in [3.8, 4) is 0 Å². The Labute approximate surface area is 120 Å². The van der Waals surface area contributed by atoms with Crippen molar-refractivity contribution in [3.63, 3.8) is 0 Å². The second-order valence-corrected chi connectivity index (χ2v) is 6.98. The zero-order valence-electron chi connectivity index (χ0n) is 12.0. The lowest BCUT2D eigenvalue weighted by atomic mass is 10.0. The second kappa shape index (κ2) is 6.46. The van der Waals surface area contributed by atoms with Crippen LogP contribution in [0, 0.1) is 0 Å². The van der Waals surface area contributed by atoms with Crippen molar-refractivity contribution in [3.05, 3.63) is 11.9 Å². The van der Waals surface area contributed by atoms with Crippen LogP contribution in [0.3, 0.4) is 0 Å². The highest BCUT2D eigenvalue weighted by Crippen LogP contribution is 2.33. The van der Waals surface area contributed by atoms with Gasteiger partial charge in [0.05, 0.1) is 0 Å². The molecule has 2 unspecified atom stereocenters. The van der Waals surface area contributed by atoms with E-state index in [4.69, 9.17) is 5.73 Å². The Morgan fingerprint density at radius 2 is 2.21 bits per heavy atom. The molecule has 1 fully saturated rings. The number of anilines is 2. The summed E-state index contributed by atoms with van der Waals surface area (Å²) in [6, 6.07) is 0.524. The van der Waals surface area contributed by atoms with Crippen molar-refractivity contribution in [1.29, 1.82) is 0 Å². The number of nitrogen functional groups attached to an aromatic ring is 1. The van der Waals surface area contributed by atoms with Gasteiger partial charge in [-0.1, -0.05) is 20.8 Å². The molecule has 2 rings (SSSR count). The molecule has 1 aliphatic rings. The Balaban J connectivity index is 2.06. The zero-order chi connectivity index (χ0) is 13.8. The Kier molecular flexibility index (Phi) is 4.91. The van der Waals surface area contributed by atoms with Crippen LogP contribution in [0.2, 0.25) is 0 Å². The van der Waals surface area contributed by atoms with Crippen LogP contribution in [-0.2, 0) is 0 Å². The Morgan fingerprint density at radius 1 is 1.42 bits per heavy atom. The largest absolute Gasteiger partial charge is 0.383 e. The standard InChI is InChI=1S/C14H24N4S/c1-4-19-11-6-5-10(7-11)18-14-12(9(2)3)13(15)16-8-17-14/h8-11H,4-7H2,1-3H3,(H3,15,16,17,18). The molecule has 0 spiro atoms. The molecule has 5 heteroatoms. The van der Waals surface area contributed by atoms with Crippen LogP contribution >= 0.6 is 11.8 Å². The van der Waals surface area contributed by atoms with E-state index in [2.05, 4.69) is 47.8 Å². The molecule has 1 aliphatic carbocycles. The number of aromatic nitrogens is 2. The molecular formula is C14H24N4S. The van der Waals surface area contributed by atoms with Crippen molar-refractivity contribution in [2.75, 3.05) is 16.8 Å². The van der Waals surface area contributed by atoms with E-state index in [9.17, 15) is 0 Å². The van der Waals surface area contributed by atoms with Gasteiger partial charge in [0.1, 0.15) is 18.0 Å². The number of hydrogen-bond acceptors (Lipinski definition) is 5. The summed E-state index contributed by atoms with van der Waals surface area (Å²) in [7, 11) is 0. The SMILES string of the molecule is CCSC1CCC(Nc2ncnc(N)c2C(C)C)C1. The van der Waals surface area contributed by atoms with Crippen LogP contribution in [0.1, 0.15) is 51.5 Å². The van der Waals surface area contributed by atoms with Crippen molar-refractivity contribution in [1.82, 2.24) is 9.97 Å². The monoisotopic (exact) mass is 280 g/mol. The number of rotatable bonds is 5. The van der Waals surface area contributed by atoms with Gasteiger partial charge in [0.15, 0.2) is 0 Å². The lowest BCUT2D eigenvalue weighted by molar-refractivity contribution is 0.742. The summed E-state index contributed by atoms with van der Waals surface area (Å²) < 4.78 is 0.